The van der Waals surface area contributed by atoms with E-state index in [1.807, 2.05) is 0 Å². The summed E-state index contributed by atoms with van der Waals surface area (Å²) in [7, 11) is 1.04. The summed E-state index contributed by atoms with van der Waals surface area (Å²) in [6.07, 6.45) is 4.04. The second-order valence-corrected chi connectivity index (χ2v) is 9.21. The van der Waals surface area contributed by atoms with Gasteiger partial charge in [0.25, 0.3) is 0 Å². The lowest BCUT2D eigenvalue weighted by Crippen LogP contribution is -2.47. The first kappa shape index (κ1) is 8.49. The molecule has 0 N–H and O–H groups in total. The van der Waals surface area contributed by atoms with Gasteiger partial charge in [0.05, 0.1) is 8.80 Å². The second kappa shape index (κ2) is 3.19. The van der Waals surface area contributed by atoms with Crippen LogP contribution in [0.5, 0.6) is 0 Å². The van der Waals surface area contributed by atoms with E-state index < -0.39 is 0 Å². The van der Waals surface area contributed by atoms with Gasteiger partial charge in [0.2, 0.25) is 0 Å². The van der Waals surface area contributed by atoms with E-state index in [-0.39, 0.29) is 10.2 Å². The van der Waals surface area contributed by atoms with E-state index in [1.165, 1.54) is 29.5 Å². The van der Waals surface area contributed by atoms with Gasteiger partial charge >= 0.3 is 1.43 Å². The van der Waals surface area contributed by atoms with E-state index in [0.717, 1.165) is 6.61 Å². The molecule has 1 saturated heterocycles. The SMILES string of the molecule is C[Si](C)C1([SiH3])CCCCO1.[H+]. The Hall–Kier alpha value is 0.394. The molecule has 1 fully saturated rings. The Morgan fingerprint density at radius 3 is 2.50 bits per heavy atom. The van der Waals surface area contributed by atoms with Gasteiger partial charge in [-0.25, -0.2) is 0 Å². The molecule has 0 amide bonds. The first-order chi connectivity index (χ1) is 4.65. The molecule has 0 aliphatic carbocycles. The molecule has 0 aromatic rings. The third-order valence-corrected chi connectivity index (χ3v) is 8.82. The summed E-state index contributed by atoms with van der Waals surface area (Å²) in [4.78, 5) is 0.420. The van der Waals surface area contributed by atoms with Crippen molar-refractivity contribution in [2.24, 2.45) is 0 Å². The van der Waals surface area contributed by atoms with Crippen LogP contribution >= 0.6 is 0 Å². The largest absolute Gasteiger partial charge is 1.00 e. The third kappa shape index (κ3) is 1.71. The van der Waals surface area contributed by atoms with Crippen molar-refractivity contribution in [3.63, 3.8) is 0 Å². The van der Waals surface area contributed by atoms with E-state index in [1.54, 1.807) is 0 Å². The fourth-order valence-electron chi connectivity index (χ4n) is 1.33. The fourth-order valence-corrected chi connectivity index (χ4v) is 2.95. The van der Waals surface area contributed by atoms with Gasteiger partial charge in [-0.1, -0.05) is 13.1 Å². The highest BCUT2D eigenvalue weighted by Crippen LogP contribution is 2.23. The van der Waals surface area contributed by atoms with E-state index in [2.05, 4.69) is 13.1 Å². The van der Waals surface area contributed by atoms with Crippen LogP contribution in [-0.2, 0) is 4.74 Å². The zero-order valence-electron chi connectivity index (χ0n) is 8.24. The molecule has 1 nitrogen and oxygen atoms in total. The van der Waals surface area contributed by atoms with Crippen LogP contribution in [0, 0.1) is 0 Å². The van der Waals surface area contributed by atoms with Crippen molar-refractivity contribution < 1.29 is 6.16 Å². The lowest BCUT2D eigenvalue weighted by molar-refractivity contribution is 0.0336. The van der Waals surface area contributed by atoms with Crippen molar-refractivity contribution >= 4 is 19.0 Å². The zero-order chi connectivity index (χ0) is 7.61. The summed E-state index contributed by atoms with van der Waals surface area (Å²) < 4.78 is 5.83. The first-order valence-electron chi connectivity index (χ1n) is 4.10. The van der Waals surface area contributed by atoms with Crippen LogP contribution in [0.1, 0.15) is 20.7 Å². The fraction of sp³-hybridized carbons (Fsp3) is 1.00. The van der Waals surface area contributed by atoms with E-state index >= 15 is 0 Å². The van der Waals surface area contributed by atoms with Crippen LogP contribution in [0.2, 0.25) is 13.1 Å². The maximum atomic E-state index is 5.83. The van der Waals surface area contributed by atoms with Gasteiger partial charge in [0.1, 0.15) is 0 Å². The Bertz CT molecular complexity index is 113. The normalized spacial score (nSPS) is 35.1. The molecule has 59 valence electrons. The molecule has 1 heterocycles. The van der Waals surface area contributed by atoms with Gasteiger partial charge in [0, 0.05) is 21.7 Å². The number of hydrogen-bond acceptors (Lipinski definition) is 1. The molecule has 10 heavy (non-hydrogen) atoms. The van der Waals surface area contributed by atoms with Crippen molar-refractivity contribution in [3.05, 3.63) is 0 Å². The Labute approximate surface area is 69.7 Å². The molecule has 0 spiro atoms. The van der Waals surface area contributed by atoms with Crippen molar-refractivity contribution in [3.8, 4) is 0 Å². The molecule has 1 atom stereocenters. The van der Waals surface area contributed by atoms with Crippen molar-refractivity contribution in [1.82, 2.24) is 0 Å². The number of hydrogen-bond donors (Lipinski definition) is 0. The van der Waals surface area contributed by atoms with Gasteiger partial charge in [0.15, 0.2) is 0 Å². The second-order valence-electron chi connectivity index (χ2n) is 3.54. The predicted molar refractivity (Wildman–Crippen MR) is 51.1 cm³/mol. The molecule has 1 rings (SSSR count). The summed E-state index contributed by atoms with van der Waals surface area (Å²) in [6, 6.07) is 0. The van der Waals surface area contributed by atoms with Crippen LogP contribution in [0.3, 0.4) is 0 Å². The first-order valence-corrected chi connectivity index (χ1v) is 7.60. The molecule has 3 heteroatoms. The summed E-state index contributed by atoms with van der Waals surface area (Å²) in [5, 5.41) is 0. The van der Waals surface area contributed by atoms with Crippen LogP contribution in [0.15, 0.2) is 0 Å². The van der Waals surface area contributed by atoms with Gasteiger partial charge in [-0.15, -0.1) is 0 Å². The Kier molecular flexibility index (Phi) is 2.71. The molecular weight excluding hydrogens is 156 g/mol. The molecular formula is C7H18OSi2+. The Morgan fingerprint density at radius 1 is 1.50 bits per heavy atom. The predicted octanol–water partition coefficient (Wildman–Crippen LogP) is 0.655. The summed E-state index contributed by atoms with van der Waals surface area (Å²) in [5.74, 6) is 0. The van der Waals surface area contributed by atoms with Gasteiger partial charge in [-0.2, -0.15) is 0 Å². The molecule has 1 aliphatic rings. The highest BCUT2D eigenvalue weighted by atomic mass is 28.3. The third-order valence-electron chi connectivity index (χ3n) is 2.53. The van der Waals surface area contributed by atoms with E-state index in [9.17, 15) is 0 Å². The van der Waals surface area contributed by atoms with E-state index in [4.69, 9.17) is 4.74 Å². The standard InChI is InChI=1S/C7H17OSi2/c1-10(2)7(9)5-3-4-6-8-7/h3-6H2,1-2,9H3/p+1. The average Bonchev–Trinajstić information content (AvgIpc) is 1.89. The molecule has 0 saturated carbocycles. The highest BCUT2D eigenvalue weighted by molar-refractivity contribution is 6.67. The summed E-state index contributed by atoms with van der Waals surface area (Å²) >= 11 is 0. The van der Waals surface area contributed by atoms with Crippen LogP contribution in [-0.4, -0.2) is 30.5 Å². The molecule has 0 aromatic heterocycles. The number of ether oxygens (including phenoxy) is 1. The molecule has 1 unspecified atom stereocenters. The smallest absolute Gasteiger partial charge is 0.383 e. The quantitative estimate of drug-likeness (QED) is 0.531. The monoisotopic (exact) mass is 174 g/mol. The van der Waals surface area contributed by atoms with Crippen molar-refractivity contribution in [2.75, 3.05) is 6.61 Å². The maximum absolute atomic E-state index is 5.83. The molecule has 0 bridgehead atoms. The van der Waals surface area contributed by atoms with Crippen molar-refractivity contribution in [2.45, 2.75) is 37.2 Å². The van der Waals surface area contributed by atoms with Crippen molar-refractivity contribution in [1.29, 1.82) is 0 Å². The zero-order valence-corrected chi connectivity index (χ0v) is 10.2. The molecule has 1 radical (unpaired) electrons. The minimum absolute atomic E-state index is 0. The van der Waals surface area contributed by atoms with E-state index in [0.29, 0.717) is 4.85 Å². The minimum atomic E-state index is -0.194. The van der Waals surface area contributed by atoms with Gasteiger partial charge in [-0.05, 0) is 19.3 Å². The maximum Gasteiger partial charge on any atom is 1.00 e. The molecule has 1 aliphatic heterocycles. The van der Waals surface area contributed by atoms with Crippen LogP contribution in [0.4, 0.5) is 0 Å². The number of rotatable bonds is 1. The highest BCUT2D eigenvalue weighted by Gasteiger charge is 2.31. The lowest BCUT2D eigenvalue weighted by Gasteiger charge is -2.36. The Balaban J connectivity index is 0.000001000. The van der Waals surface area contributed by atoms with Gasteiger partial charge in [-0.3, -0.25) is 0 Å². The Morgan fingerprint density at radius 2 is 2.20 bits per heavy atom. The average molecular weight is 174 g/mol. The molecule has 0 aromatic carbocycles. The topological polar surface area (TPSA) is 9.23 Å². The summed E-state index contributed by atoms with van der Waals surface area (Å²) in [5.41, 5.74) is 0. The van der Waals surface area contributed by atoms with Crippen LogP contribution < -0.4 is 0 Å². The summed E-state index contributed by atoms with van der Waals surface area (Å²) in [6.45, 7) is 5.78. The van der Waals surface area contributed by atoms with Gasteiger partial charge < -0.3 is 4.74 Å². The lowest BCUT2D eigenvalue weighted by atomic mass is 10.2. The van der Waals surface area contributed by atoms with Crippen LogP contribution in [0.25, 0.3) is 0 Å². The minimum Gasteiger partial charge on any atom is -0.383 e.